The van der Waals surface area contributed by atoms with Crippen molar-refractivity contribution in [2.75, 3.05) is 72.7 Å². The van der Waals surface area contributed by atoms with E-state index in [1.807, 2.05) is 20.3 Å². The number of ether oxygens (including phenoxy) is 4. The van der Waals surface area contributed by atoms with Gasteiger partial charge in [-0.2, -0.15) is 0 Å². The summed E-state index contributed by atoms with van der Waals surface area (Å²) in [7, 11) is -0.580. The van der Waals surface area contributed by atoms with Gasteiger partial charge in [0, 0.05) is 32.4 Å². The van der Waals surface area contributed by atoms with Gasteiger partial charge in [-0.25, -0.2) is 4.79 Å². The van der Waals surface area contributed by atoms with E-state index in [1.165, 1.54) is 44.9 Å². The van der Waals surface area contributed by atoms with Gasteiger partial charge in [0.15, 0.2) is 5.52 Å². The second-order valence-corrected chi connectivity index (χ2v) is 15.1. The van der Waals surface area contributed by atoms with Crippen molar-refractivity contribution in [1.29, 1.82) is 0 Å². The number of amides is 3. The fourth-order valence-electron chi connectivity index (χ4n) is 4.74. The van der Waals surface area contributed by atoms with Gasteiger partial charge in [0.2, 0.25) is 17.7 Å². The Labute approximate surface area is 318 Å². The predicted molar refractivity (Wildman–Crippen MR) is 205 cm³/mol. The predicted octanol–water partition coefficient (Wildman–Crippen LogP) is 4.60. The van der Waals surface area contributed by atoms with Crippen molar-refractivity contribution in [2.24, 2.45) is 5.73 Å². The van der Waals surface area contributed by atoms with Crippen LogP contribution in [0.1, 0.15) is 122 Å². The molecule has 0 saturated carbocycles. The summed E-state index contributed by atoms with van der Waals surface area (Å²) in [5.74, 6) is -2.90. The third-order valence-electron chi connectivity index (χ3n) is 7.83. The van der Waals surface area contributed by atoms with Crippen molar-refractivity contribution >= 4 is 43.1 Å². The Morgan fingerprint density at radius 1 is 0.604 bits per heavy atom. The molecule has 0 aliphatic carbocycles. The monoisotopic (exact) mass is 779 g/mol. The van der Waals surface area contributed by atoms with Crippen LogP contribution in [0.3, 0.4) is 0 Å². The van der Waals surface area contributed by atoms with Gasteiger partial charge >= 0.3 is 11.9 Å². The van der Waals surface area contributed by atoms with Crippen LogP contribution in [-0.4, -0.2) is 124 Å². The smallest absolute Gasteiger partial charge is 0.326 e. The molecule has 6 N–H and O–H groups in total. The van der Waals surface area contributed by atoms with Gasteiger partial charge in [-0.1, -0.05) is 77.0 Å². The van der Waals surface area contributed by atoms with E-state index in [2.05, 4.69) is 10.6 Å². The Morgan fingerprint density at radius 3 is 1.55 bits per heavy atom. The molecule has 15 nitrogen and oxygen atoms in total. The lowest BCUT2D eigenvalue weighted by atomic mass is 10.0. The molecule has 0 bridgehead atoms. The maximum atomic E-state index is 11.8. The maximum Gasteiger partial charge on any atom is 0.326 e. The molecule has 0 heterocycles. The molecule has 16 heteroatoms. The summed E-state index contributed by atoms with van der Waals surface area (Å²) in [4.78, 5) is 66.8. The van der Waals surface area contributed by atoms with Crippen molar-refractivity contribution in [3.8, 4) is 0 Å². The van der Waals surface area contributed by atoms with Crippen molar-refractivity contribution < 1.29 is 57.9 Å². The zero-order valence-corrected chi connectivity index (χ0v) is 33.6. The summed E-state index contributed by atoms with van der Waals surface area (Å²) in [5.41, 5.74) is 5.16. The lowest BCUT2D eigenvalue weighted by Gasteiger charge is -2.13. The van der Waals surface area contributed by atoms with E-state index in [9.17, 15) is 28.8 Å². The molecule has 53 heavy (non-hydrogen) atoms. The van der Waals surface area contributed by atoms with Gasteiger partial charge < -0.3 is 45.5 Å². The minimum absolute atomic E-state index is 0.0171. The zero-order chi connectivity index (χ0) is 40.0. The molecule has 3 amide bonds. The number of primary amides is 1. The minimum atomic E-state index is -1.15. The average molecular weight is 780 g/mol. The fourth-order valence-corrected chi connectivity index (χ4v) is 5.09. The molecule has 0 fully saturated rings. The van der Waals surface area contributed by atoms with Gasteiger partial charge in [-0.05, 0) is 47.4 Å². The first-order valence-corrected chi connectivity index (χ1v) is 21.4. The van der Waals surface area contributed by atoms with Crippen LogP contribution < -0.4 is 16.4 Å². The second kappa shape index (κ2) is 39.0. The molecule has 0 unspecified atom stereocenters. The Kier molecular flexibility index (Phi) is 38.6. The standard InChI is InChI=1S/C23H42N2O6.C14H28NO6P/c24-20(26)18-17-19(23(30)31)25-21(27)15-13-11-9-7-5-3-1-2-4-6-8-10-12-14-16-22(28)29;1-4-18-7-9-20-11-13(16)15-5-6-19-8-10-21-12-14(17)22(2)3/h19H,1-18H2,(H2,24,26)(H,25,27)(H,28,29)(H,30,31);4-12H2,1-3H3,(H,15,16)/t19-;/m0./s1. The number of carbonyl (C=O) groups excluding carboxylic acids is 4. The first-order chi connectivity index (χ1) is 25.4. The first kappa shape index (κ1) is 52.4. The number of carboxylic acids is 2. The van der Waals surface area contributed by atoms with Crippen molar-refractivity contribution in [3.63, 3.8) is 0 Å². The number of nitrogens with two attached hydrogens (primary N) is 1. The Balaban J connectivity index is 0. The lowest BCUT2D eigenvalue weighted by molar-refractivity contribution is -0.142. The third kappa shape index (κ3) is 41.9. The topological polar surface area (TPSA) is 230 Å². The van der Waals surface area contributed by atoms with E-state index in [4.69, 9.17) is 34.9 Å². The van der Waals surface area contributed by atoms with Crippen LogP contribution in [0.2, 0.25) is 0 Å². The lowest BCUT2D eigenvalue weighted by Crippen LogP contribution is -2.41. The number of hydrogen-bond acceptors (Lipinski definition) is 10. The molecular weight excluding hydrogens is 709 g/mol. The van der Waals surface area contributed by atoms with E-state index in [0.717, 1.165) is 44.9 Å². The van der Waals surface area contributed by atoms with E-state index in [1.54, 1.807) is 0 Å². The summed E-state index contributed by atoms with van der Waals surface area (Å²) in [5, 5.41) is 22.8. The Bertz CT molecular complexity index is 971. The molecule has 0 aromatic heterocycles. The molecule has 0 rings (SSSR count). The number of aliphatic carboxylic acids is 2. The van der Waals surface area contributed by atoms with Crippen LogP contribution in [-0.2, 0) is 47.7 Å². The van der Waals surface area contributed by atoms with Gasteiger partial charge in [0.25, 0.3) is 0 Å². The van der Waals surface area contributed by atoms with Gasteiger partial charge in [0.05, 0.1) is 33.0 Å². The highest BCUT2D eigenvalue weighted by atomic mass is 31.1. The Hall–Kier alpha value is -2.71. The quantitative estimate of drug-likeness (QED) is 0.0430. The van der Waals surface area contributed by atoms with Crippen LogP contribution in [0, 0.1) is 0 Å². The van der Waals surface area contributed by atoms with Crippen molar-refractivity contribution in [1.82, 2.24) is 10.6 Å². The molecule has 0 spiro atoms. The third-order valence-corrected chi connectivity index (χ3v) is 8.96. The maximum absolute atomic E-state index is 11.8. The SMILES string of the molecule is CCOCCOCC(=O)NCCOCCOCC(=O)P(C)C.NC(=O)CC[C@H](NC(=O)CCCCCCCCCCCCCCCCC(=O)O)C(=O)O. The van der Waals surface area contributed by atoms with Crippen LogP contribution in [0.4, 0.5) is 0 Å². The zero-order valence-electron chi connectivity index (χ0n) is 32.7. The minimum Gasteiger partial charge on any atom is -0.481 e. The molecule has 310 valence electrons. The van der Waals surface area contributed by atoms with E-state index < -0.39 is 31.8 Å². The van der Waals surface area contributed by atoms with Crippen molar-refractivity contribution in [2.45, 2.75) is 129 Å². The highest BCUT2D eigenvalue weighted by Gasteiger charge is 2.20. The van der Waals surface area contributed by atoms with Gasteiger partial charge in [0.1, 0.15) is 19.3 Å². The normalized spacial score (nSPS) is 11.4. The highest BCUT2D eigenvalue weighted by Crippen LogP contribution is 2.25. The average Bonchev–Trinajstić information content (AvgIpc) is 3.10. The van der Waals surface area contributed by atoms with Crippen LogP contribution >= 0.6 is 7.92 Å². The number of carboxylic acid groups (broad SMARTS) is 2. The summed E-state index contributed by atoms with van der Waals surface area (Å²) in [6, 6.07) is -1.06. The van der Waals surface area contributed by atoms with Crippen molar-refractivity contribution in [3.05, 3.63) is 0 Å². The molecule has 0 saturated heterocycles. The van der Waals surface area contributed by atoms with E-state index >= 15 is 0 Å². The van der Waals surface area contributed by atoms with Crippen LogP contribution in [0.15, 0.2) is 0 Å². The molecule has 1 atom stereocenters. The molecule has 0 aliphatic rings. The summed E-state index contributed by atoms with van der Waals surface area (Å²) >= 11 is 0. The molecule has 0 aromatic carbocycles. The number of rotatable bonds is 37. The summed E-state index contributed by atoms with van der Waals surface area (Å²) < 4.78 is 20.7. The van der Waals surface area contributed by atoms with E-state index in [0.29, 0.717) is 52.6 Å². The molecule has 0 radical (unpaired) electrons. The second-order valence-electron chi connectivity index (χ2n) is 12.9. The fraction of sp³-hybridized carbons (Fsp3) is 0.838. The van der Waals surface area contributed by atoms with E-state index in [-0.39, 0.29) is 49.8 Å². The first-order valence-electron chi connectivity index (χ1n) is 19.2. The molecular formula is C37H70N3O12P. The number of nitrogens with one attached hydrogen (secondary N) is 2. The number of unbranched alkanes of at least 4 members (excludes halogenated alkanes) is 13. The van der Waals surface area contributed by atoms with Crippen LogP contribution in [0.25, 0.3) is 0 Å². The number of carbonyl (C=O) groups is 6. The van der Waals surface area contributed by atoms with Gasteiger partial charge in [-0.15, -0.1) is 0 Å². The molecule has 0 aromatic rings. The number of hydrogen-bond donors (Lipinski definition) is 5. The van der Waals surface area contributed by atoms with Crippen LogP contribution in [0.5, 0.6) is 0 Å². The summed E-state index contributed by atoms with van der Waals surface area (Å²) in [6.07, 6.45) is 16.1. The molecule has 0 aliphatic heterocycles. The largest absolute Gasteiger partial charge is 0.481 e. The Morgan fingerprint density at radius 2 is 1.08 bits per heavy atom. The summed E-state index contributed by atoms with van der Waals surface area (Å²) in [6.45, 7) is 9.03. The highest BCUT2D eigenvalue weighted by molar-refractivity contribution is 7.73. The van der Waals surface area contributed by atoms with Gasteiger partial charge in [-0.3, -0.25) is 24.0 Å².